The highest BCUT2D eigenvalue weighted by molar-refractivity contribution is 5.96. The van der Waals surface area contributed by atoms with Gasteiger partial charge in [0.2, 0.25) is 0 Å². The SMILES string of the molecule is O=C(COC(=O)C1c2ccccc2Oc2ccccc21)Nc1cc2c(cc1[N+](=O)[O-])OCCCO2. The molecule has 3 aromatic rings. The molecular weight excluding hydrogens is 456 g/mol. The van der Waals surface area contributed by atoms with E-state index in [-0.39, 0.29) is 22.9 Å². The zero-order valence-electron chi connectivity index (χ0n) is 18.4. The highest BCUT2D eigenvalue weighted by Crippen LogP contribution is 2.44. The summed E-state index contributed by atoms with van der Waals surface area (Å²) in [5.41, 5.74) is 0.800. The standard InChI is InChI=1S/C25H20N2O8/c28-23(26-17-12-21-22(13-18(17)27(30)31)33-11-5-10-32-21)14-34-25(29)24-15-6-1-3-8-19(15)35-20-9-4-2-7-16(20)24/h1-4,6-9,12-13,24H,5,10-11,14H2,(H,26,28). The average Bonchev–Trinajstić information content (AvgIpc) is 3.10. The van der Waals surface area contributed by atoms with Crippen LogP contribution in [-0.2, 0) is 14.3 Å². The van der Waals surface area contributed by atoms with Crippen LogP contribution in [0.5, 0.6) is 23.0 Å². The van der Waals surface area contributed by atoms with Gasteiger partial charge in [0, 0.05) is 23.6 Å². The highest BCUT2D eigenvalue weighted by atomic mass is 16.6. The lowest BCUT2D eigenvalue weighted by Crippen LogP contribution is -2.26. The molecule has 10 nitrogen and oxygen atoms in total. The number of nitro benzene ring substituents is 1. The molecule has 0 saturated heterocycles. The van der Waals surface area contributed by atoms with Crippen LogP contribution >= 0.6 is 0 Å². The highest BCUT2D eigenvalue weighted by Gasteiger charge is 2.34. The number of nitrogens with zero attached hydrogens (tertiary/aromatic N) is 1. The van der Waals surface area contributed by atoms with Crippen LogP contribution in [0, 0.1) is 10.1 Å². The number of hydrogen-bond donors (Lipinski definition) is 1. The molecule has 35 heavy (non-hydrogen) atoms. The molecule has 0 fully saturated rings. The summed E-state index contributed by atoms with van der Waals surface area (Å²) in [4.78, 5) is 36.6. The summed E-state index contributed by atoms with van der Waals surface area (Å²) in [7, 11) is 0. The van der Waals surface area contributed by atoms with Crippen molar-refractivity contribution in [3.8, 4) is 23.0 Å². The first-order valence-electron chi connectivity index (χ1n) is 10.9. The van der Waals surface area contributed by atoms with Gasteiger partial charge < -0.3 is 24.3 Å². The number of fused-ring (bicyclic) bond motifs is 3. The molecule has 3 aromatic carbocycles. The monoisotopic (exact) mass is 476 g/mol. The van der Waals surface area contributed by atoms with Crippen LogP contribution in [0.3, 0.4) is 0 Å². The Morgan fingerprint density at radius 1 is 0.943 bits per heavy atom. The van der Waals surface area contributed by atoms with Gasteiger partial charge in [0.05, 0.1) is 24.2 Å². The Hall–Kier alpha value is -4.60. The van der Waals surface area contributed by atoms with Crippen LogP contribution in [-0.4, -0.2) is 36.6 Å². The molecular formula is C25H20N2O8. The number of anilines is 1. The van der Waals surface area contributed by atoms with E-state index in [1.807, 2.05) is 0 Å². The molecule has 0 spiro atoms. The van der Waals surface area contributed by atoms with Crippen LogP contribution in [0.15, 0.2) is 60.7 Å². The zero-order valence-corrected chi connectivity index (χ0v) is 18.4. The number of benzene rings is 3. The molecule has 0 aliphatic carbocycles. The number of rotatable bonds is 5. The van der Waals surface area contributed by atoms with Gasteiger partial charge >= 0.3 is 5.97 Å². The fraction of sp³-hybridized carbons (Fsp3) is 0.200. The third kappa shape index (κ3) is 4.45. The lowest BCUT2D eigenvalue weighted by atomic mass is 9.88. The van der Waals surface area contributed by atoms with E-state index >= 15 is 0 Å². The van der Waals surface area contributed by atoms with E-state index in [0.717, 1.165) is 0 Å². The van der Waals surface area contributed by atoms with Gasteiger partial charge in [-0.05, 0) is 12.1 Å². The quantitative estimate of drug-likeness (QED) is 0.330. The summed E-state index contributed by atoms with van der Waals surface area (Å²) in [5.74, 6) is -0.579. The summed E-state index contributed by atoms with van der Waals surface area (Å²) in [6, 6.07) is 16.7. The lowest BCUT2D eigenvalue weighted by molar-refractivity contribution is -0.384. The Kier molecular flexibility index (Phi) is 5.92. The number of hydrogen-bond acceptors (Lipinski definition) is 8. The van der Waals surface area contributed by atoms with Gasteiger partial charge in [0.1, 0.15) is 23.1 Å². The fourth-order valence-corrected chi connectivity index (χ4v) is 4.02. The first kappa shape index (κ1) is 22.2. The van der Waals surface area contributed by atoms with E-state index in [0.29, 0.717) is 42.3 Å². The number of para-hydroxylation sites is 2. The van der Waals surface area contributed by atoms with E-state index < -0.39 is 29.3 Å². The molecule has 2 aliphatic rings. The Bertz CT molecular complexity index is 1280. The molecule has 1 N–H and O–H groups in total. The molecule has 10 heteroatoms. The molecule has 178 valence electrons. The first-order chi connectivity index (χ1) is 17.0. The van der Waals surface area contributed by atoms with Crippen molar-refractivity contribution in [2.24, 2.45) is 0 Å². The maximum atomic E-state index is 13.1. The maximum Gasteiger partial charge on any atom is 0.318 e. The number of amides is 1. The van der Waals surface area contributed by atoms with Crippen molar-refractivity contribution in [1.82, 2.24) is 0 Å². The van der Waals surface area contributed by atoms with Crippen LogP contribution < -0.4 is 19.5 Å². The van der Waals surface area contributed by atoms with E-state index in [1.54, 1.807) is 48.5 Å². The largest absolute Gasteiger partial charge is 0.489 e. The molecule has 2 heterocycles. The summed E-state index contributed by atoms with van der Waals surface area (Å²) in [6.07, 6.45) is 0.624. The lowest BCUT2D eigenvalue weighted by Gasteiger charge is -2.26. The van der Waals surface area contributed by atoms with Gasteiger partial charge in [-0.3, -0.25) is 19.7 Å². The van der Waals surface area contributed by atoms with Crippen molar-refractivity contribution in [2.45, 2.75) is 12.3 Å². The normalized spacial score (nSPS) is 13.9. The second kappa shape index (κ2) is 9.34. The van der Waals surface area contributed by atoms with Gasteiger partial charge in [-0.25, -0.2) is 0 Å². The molecule has 2 aliphatic heterocycles. The Morgan fingerprint density at radius 3 is 2.17 bits per heavy atom. The topological polar surface area (TPSA) is 126 Å². The first-order valence-corrected chi connectivity index (χ1v) is 10.9. The smallest absolute Gasteiger partial charge is 0.318 e. The third-order valence-electron chi connectivity index (χ3n) is 5.60. The van der Waals surface area contributed by atoms with Gasteiger partial charge in [-0.1, -0.05) is 36.4 Å². The summed E-state index contributed by atoms with van der Waals surface area (Å²) in [6.45, 7) is 0.111. The number of ether oxygens (including phenoxy) is 4. The van der Waals surface area contributed by atoms with E-state index in [2.05, 4.69) is 5.32 Å². The molecule has 0 radical (unpaired) electrons. The Labute approximate surface area is 199 Å². The second-order valence-electron chi connectivity index (χ2n) is 7.89. The molecule has 0 bridgehead atoms. The summed E-state index contributed by atoms with van der Waals surface area (Å²) >= 11 is 0. The minimum absolute atomic E-state index is 0.0814. The number of carbonyl (C=O) groups is 2. The predicted octanol–water partition coefficient (Wildman–Crippen LogP) is 4.18. The average molecular weight is 476 g/mol. The molecule has 0 aromatic heterocycles. The zero-order chi connectivity index (χ0) is 24.4. The van der Waals surface area contributed by atoms with Crippen LogP contribution in [0.2, 0.25) is 0 Å². The third-order valence-corrected chi connectivity index (χ3v) is 5.60. The van der Waals surface area contributed by atoms with Crippen molar-refractivity contribution in [1.29, 1.82) is 0 Å². The fourth-order valence-electron chi connectivity index (χ4n) is 4.02. The van der Waals surface area contributed by atoms with Crippen molar-refractivity contribution in [3.63, 3.8) is 0 Å². The van der Waals surface area contributed by atoms with E-state index in [1.165, 1.54) is 12.1 Å². The van der Waals surface area contributed by atoms with E-state index in [9.17, 15) is 19.7 Å². The number of nitro groups is 1. The maximum absolute atomic E-state index is 13.1. The summed E-state index contributed by atoms with van der Waals surface area (Å²) in [5, 5.41) is 14.0. The predicted molar refractivity (Wildman–Crippen MR) is 123 cm³/mol. The van der Waals surface area contributed by atoms with Crippen molar-refractivity contribution < 1.29 is 33.5 Å². The van der Waals surface area contributed by atoms with Crippen molar-refractivity contribution in [2.75, 3.05) is 25.1 Å². The van der Waals surface area contributed by atoms with Gasteiger partial charge in [-0.15, -0.1) is 0 Å². The number of carbonyl (C=O) groups excluding carboxylic acids is 2. The summed E-state index contributed by atoms with van der Waals surface area (Å²) < 4.78 is 22.2. The molecule has 0 unspecified atom stereocenters. The minimum atomic E-state index is -0.781. The Balaban J connectivity index is 1.33. The van der Waals surface area contributed by atoms with Gasteiger partial charge in [0.15, 0.2) is 18.1 Å². The second-order valence-corrected chi connectivity index (χ2v) is 7.89. The molecule has 1 amide bonds. The van der Waals surface area contributed by atoms with Gasteiger partial charge in [-0.2, -0.15) is 0 Å². The van der Waals surface area contributed by atoms with Crippen LogP contribution in [0.1, 0.15) is 23.5 Å². The molecule has 0 saturated carbocycles. The van der Waals surface area contributed by atoms with Crippen LogP contribution in [0.25, 0.3) is 0 Å². The van der Waals surface area contributed by atoms with Crippen molar-refractivity contribution in [3.05, 3.63) is 81.9 Å². The van der Waals surface area contributed by atoms with Crippen molar-refractivity contribution >= 4 is 23.3 Å². The Morgan fingerprint density at radius 2 is 1.54 bits per heavy atom. The number of esters is 1. The molecule has 0 atom stereocenters. The molecule has 5 rings (SSSR count). The number of nitrogens with one attached hydrogen (secondary N) is 1. The van der Waals surface area contributed by atoms with E-state index in [4.69, 9.17) is 18.9 Å². The van der Waals surface area contributed by atoms with Crippen LogP contribution in [0.4, 0.5) is 11.4 Å². The van der Waals surface area contributed by atoms with Gasteiger partial charge in [0.25, 0.3) is 11.6 Å². The minimum Gasteiger partial charge on any atom is -0.489 e.